The van der Waals surface area contributed by atoms with Crippen molar-refractivity contribution in [3.05, 3.63) is 22.4 Å². The van der Waals surface area contributed by atoms with Crippen molar-refractivity contribution in [1.82, 2.24) is 5.32 Å². The Kier molecular flexibility index (Phi) is 6.38. The smallest absolute Gasteiger partial charge is 0.326 e. The van der Waals surface area contributed by atoms with Gasteiger partial charge in [-0.1, -0.05) is 0 Å². The van der Waals surface area contributed by atoms with Crippen molar-refractivity contribution in [2.75, 3.05) is 13.7 Å². The highest BCUT2D eigenvalue weighted by atomic mass is 32.1. The van der Waals surface area contributed by atoms with Gasteiger partial charge < -0.3 is 15.2 Å². The maximum Gasteiger partial charge on any atom is 0.326 e. The van der Waals surface area contributed by atoms with Crippen LogP contribution >= 0.6 is 11.3 Å². The van der Waals surface area contributed by atoms with E-state index in [4.69, 9.17) is 9.84 Å². The number of carboxylic acids is 1. The van der Waals surface area contributed by atoms with Crippen molar-refractivity contribution in [3.8, 4) is 0 Å². The van der Waals surface area contributed by atoms with E-state index >= 15 is 0 Å². The average molecular weight is 271 g/mol. The van der Waals surface area contributed by atoms with E-state index in [0.717, 1.165) is 5.56 Å². The molecule has 0 aromatic carbocycles. The Balaban J connectivity index is 2.40. The van der Waals surface area contributed by atoms with Crippen molar-refractivity contribution < 1.29 is 19.4 Å². The van der Waals surface area contributed by atoms with Gasteiger partial charge in [0.1, 0.15) is 6.04 Å². The van der Waals surface area contributed by atoms with Crippen LogP contribution in [-0.2, 0) is 20.7 Å². The molecule has 1 unspecified atom stereocenters. The standard InChI is InChI=1S/C12H17NO4S/c1-17-5-2-3-10(12(15)16)13-11(14)7-9-4-6-18-8-9/h4,6,8,10H,2-3,5,7H2,1H3,(H,13,14)(H,15,16). The SMILES string of the molecule is COCCCC(NC(=O)Cc1ccsc1)C(=O)O. The number of methoxy groups -OCH3 is 1. The number of ether oxygens (including phenoxy) is 1. The van der Waals surface area contributed by atoms with E-state index in [2.05, 4.69) is 5.32 Å². The molecule has 1 rings (SSSR count). The van der Waals surface area contributed by atoms with Crippen LogP contribution in [0.25, 0.3) is 0 Å². The van der Waals surface area contributed by atoms with Crippen molar-refractivity contribution >= 4 is 23.2 Å². The molecule has 1 atom stereocenters. The summed E-state index contributed by atoms with van der Waals surface area (Å²) in [5.74, 6) is -1.28. The van der Waals surface area contributed by atoms with Gasteiger partial charge in [0.05, 0.1) is 6.42 Å². The number of amides is 1. The lowest BCUT2D eigenvalue weighted by Gasteiger charge is -2.13. The number of hydrogen-bond acceptors (Lipinski definition) is 4. The molecule has 2 N–H and O–H groups in total. The highest BCUT2D eigenvalue weighted by molar-refractivity contribution is 7.07. The Morgan fingerprint density at radius 2 is 2.33 bits per heavy atom. The third-order valence-electron chi connectivity index (χ3n) is 2.42. The lowest BCUT2D eigenvalue weighted by Crippen LogP contribution is -2.41. The molecule has 0 spiro atoms. The summed E-state index contributed by atoms with van der Waals surface area (Å²) >= 11 is 1.51. The number of thiophene rings is 1. The Morgan fingerprint density at radius 3 is 2.89 bits per heavy atom. The van der Waals surface area contributed by atoms with Crippen molar-refractivity contribution in [1.29, 1.82) is 0 Å². The Morgan fingerprint density at radius 1 is 1.56 bits per heavy atom. The van der Waals surface area contributed by atoms with Gasteiger partial charge in [0.15, 0.2) is 0 Å². The van der Waals surface area contributed by atoms with Crippen molar-refractivity contribution in [2.45, 2.75) is 25.3 Å². The number of hydrogen-bond donors (Lipinski definition) is 2. The fraction of sp³-hybridized carbons (Fsp3) is 0.500. The topological polar surface area (TPSA) is 75.6 Å². The second-order valence-corrected chi connectivity index (χ2v) is 4.68. The lowest BCUT2D eigenvalue weighted by molar-refractivity contribution is -0.142. The number of carboxylic acid groups (broad SMARTS) is 1. The molecule has 0 saturated carbocycles. The van der Waals surface area contributed by atoms with Crippen LogP contribution in [0.3, 0.4) is 0 Å². The maximum absolute atomic E-state index is 11.7. The third-order valence-corrected chi connectivity index (χ3v) is 3.15. The normalized spacial score (nSPS) is 12.1. The van der Waals surface area contributed by atoms with E-state index in [0.29, 0.717) is 19.4 Å². The van der Waals surface area contributed by atoms with Crippen molar-refractivity contribution in [2.24, 2.45) is 0 Å². The third kappa shape index (κ3) is 5.29. The largest absolute Gasteiger partial charge is 0.480 e. The van der Waals surface area contributed by atoms with E-state index in [1.54, 1.807) is 7.11 Å². The minimum Gasteiger partial charge on any atom is -0.480 e. The number of carbonyl (C=O) groups excluding carboxylic acids is 1. The summed E-state index contributed by atoms with van der Waals surface area (Å²) in [5.41, 5.74) is 0.901. The molecule has 1 amide bonds. The van der Waals surface area contributed by atoms with Crippen LogP contribution in [0.2, 0.25) is 0 Å². The molecule has 0 fully saturated rings. The lowest BCUT2D eigenvalue weighted by atomic mass is 10.1. The molecule has 1 aromatic heterocycles. The molecule has 0 aliphatic rings. The number of nitrogens with one attached hydrogen (secondary N) is 1. The molecule has 0 aliphatic heterocycles. The van der Waals surface area contributed by atoms with E-state index in [1.807, 2.05) is 16.8 Å². The first kappa shape index (κ1) is 14.7. The monoisotopic (exact) mass is 271 g/mol. The number of carbonyl (C=O) groups is 2. The summed E-state index contributed by atoms with van der Waals surface area (Å²) in [4.78, 5) is 22.6. The van der Waals surface area contributed by atoms with E-state index in [9.17, 15) is 9.59 Å². The second kappa shape index (κ2) is 7.84. The van der Waals surface area contributed by atoms with Crippen LogP contribution in [0.15, 0.2) is 16.8 Å². The minimum absolute atomic E-state index is 0.220. The van der Waals surface area contributed by atoms with Crippen molar-refractivity contribution in [3.63, 3.8) is 0 Å². The zero-order valence-corrected chi connectivity index (χ0v) is 11.0. The summed E-state index contributed by atoms with van der Waals surface area (Å²) in [5, 5.41) is 15.3. The molecular weight excluding hydrogens is 254 g/mol. The molecule has 0 saturated heterocycles. The van der Waals surface area contributed by atoms with Crippen LogP contribution in [0, 0.1) is 0 Å². The van der Waals surface area contributed by atoms with Gasteiger partial charge in [0.2, 0.25) is 5.91 Å². The quantitative estimate of drug-likeness (QED) is 0.699. The average Bonchev–Trinajstić information content (AvgIpc) is 2.80. The Bertz CT molecular complexity index is 377. The van der Waals surface area contributed by atoms with Crippen LogP contribution in [0.1, 0.15) is 18.4 Å². The van der Waals surface area contributed by atoms with Gasteiger partial charge in [-0.3, -0.25) is 4.79 Å². The van der Waals surface area contributed by atoms with Crippen LogP contribution in [-0.4, -0.2) is 36.7 Å². The molecule has 5 nitrogen and oxygen atoms in total. The minimum atomic E-state index is -1.01. The highest BCUT2D eigenvalue weighted by Crippen LogP contribution is 2.07. The Labute approximate surface area is 110 Å². The molecule has 0 bridgehead atoms. The molecule has 18 heavy (non-hydrogen) atoms. The first-order valence-electron chi connectivity index (χ1n) is 5.65. The predicted molar refractivity (Wildman–Crippen MR) is 68.7 cm³/mol. The summed E-state index contributed by atoms with van der Waals surface area (Å²) in [7, 11) is 1.56. The summed E-state index contributed by atoms with van der Waals surface area (Å²) in [6.07, 6.45) is 1.20. The van der Waals surface area contributed by atoms with Gasteiger partial charge in [0, 0.05) is 13.7 Å². The molecular formula is C12H17NO4S. The molecule has 1 heterocycles. The first-order valence-corrected chi connectivity index (χ1v) is 6.60. The van der Waals surface area contributed by atoms with Crippen LogP contribution in [0.4, 0.5) is 0 Å². The predicted octanol–water partition coefficient (Wildman–Crippen LogP) is 1.29. The first-order chi connectivity index (χ1) is 8.63. The van der Waals surface area contributed by atoms with E-state index < -0.39 is 12.0 Å². The maximum atomic E-state index is 11.7. The summed E-state index contributed by atoms with van der Waals surface area (Å²) in [6.45, 7) is 0.490. The summed E-state index contributed by atoms with van der Waals surface area (Å²) < 4.78 is 4.86. The summed E-state index contributed by atoms with van der Waals surface area (Å²) in [6, 6.07) is 1.01. The molecule has 1 aromatic rings. The molecule has 0 radical (unpaired) electrons. The molecule has 0 aliphatic carbocycles. The zero-order valence-electron chi connectivity index (χ0n) is 10.2. The highest BCUT2D eigenvalue weighted by Gasteiger charge is 2.19. The van der Waals surface area contributed by atoms with Crippen LogP contribution < -0.4 is 5.32 Å². The van der Waals surface area contributed by atoms with Gasteiger partial charge in [-0.15, -0.1) is 0 Å². The second-order valence-electron chi connectivity index (χ2n) is 3.90. The van der Waals surface area contributed by atoms with E-state index in [-0.39, 0.29) is 12.3 Å². The zero-order chi connectivity index (χ0) is 13.4. The van der Waals surface area contributed by atoms with Gasteiger partial charge in [-0.25, -0.2) is 4.79 Å². The van der Waals surface area contributed by atoms with Crippen LogP contribution in [0.5, 0.6) is 0 Å². The number of rotatable bonds is 8. The fourth-order valence-corrected chi connectivity index (χ4v) is 2.18. The molecule has 6 heteroatoms. The fourth-order valence-electron chi connectivity index (χ4n) is 1.51. The van der Waals surface area contributed by atoms with Gasteiger partial charge in [-0.2, -0.15) is 11.3 Å². The van der Waals surface area contributed by atoms with E-state index in [1.165, 1.54) is 11.3 Å². The van der Waals surface area contributed by atoms with Gasteiger partial charge in [0.25, 0.3) is 0 Å². The van der Waals surface area contributed by atoms with Gasteiger partial charge in [-0.05, 0) is 35.2 Å². The number of aliphatic carboxylic acids is 1. The molecule has 100 valence electrons. The Hall–Kier alpha value is -1.40. The van der Waals surface area contributed by atoms with Gasteiger partial charge >= 0.3 is 5.97 Å².